The first-order valence-corrected chi connectivity index (χ1v) is 7.42. The zero-order valence-electron chi connectivity index (χ0n) is 12.4. The van der Waals surface area contributed by atoms with Crippen molar-refractivity contribution in [2.45, 2.75) is 33.2 Å². The molecule has 2 heterocycles. The number of rotatable bonds is 2. The number of aryl methyl sites for hydroxylation is 2. The van der Waals surface area contributed by atoms with Crippen LogP contribution in [0.5, 0.6) is 0 Å². The highest BCUT2D eigenvalue weighted by molar-refractivity contribution is 5.97. The van der Waals surface area contributed by atoms with Crippen LogP contribution in [0.2, 0.25) is 0 Å². The Hall–Kier alpha value is -2.17. The van der Waals surface area contributed by atoms with Crippen LogP contribution in [-0.2, 0) is 6.54 Å². The number of fused-ring (bicyclic) bond motifs is 1. The van der Waals surface area contributed by atoms with Crippen molar-refractivity contribution in [1.29, 1.82) is 0 Å². The van der Waals surface area contributed by atoms with Gasteiger partial charge in [-0.25, -0.2) is 4.98 Å². The molecule has 0 spiro atoms. The van der Waals surface area contributed by atoms with Crippen LogP contribution < -0.4 is 5.56 Å². The minimum absolute atomic E-state index is 0.0584. The predicted octanol–water partition coefficient (Wildman–Crippen LogP) is 1.96. The molecule has 110 valence electrons. The SMILES string of the molecule is CCn1c(=O)c(C)nc2cc(C(=O)N3CCCC3)ccc21. The van der Waals surface area contributed by atoms with E-state index in [1.165, 1.54) is 0 Å². The van der Waals surface area contributed by atoms with Crippen LogP contribution in [0.15, 0.2) is 23.0 Å². The highest BCUT2D eigenvalue weighted by atomic mass is 16.2. The number of carbonyl (C=O) groups is 1. The molecule has 0 unspecified atom stereocenters. The van der Waals surface area contributed by atoms with E-state index in [4.69, 9.17) is 0 Å². The maximum Gasteiger partial charge on any atom is 0.272 e. The van der Waals surface area contributed by atoms with E-state index >= 15 is 0 Å². The van der Waals surface area contributed by atoms with E-state index in [9.17, 15) is 9.59 Å². The van der Waals surface area contributed by atoms with Gasteiger partial charge < -0.3 is 9.47 Å². The van der Waals surface area contributed by atoms with Gasteiger partial charge in [0, 0.05) is 25.2 Å². The molecule has 0 bridgehead atoms. The Morgan fingerprint density at radius 3 is 2.67 bits per heavy atom. The fraction of sp³-hybridized carbons (Fsp3) is 0.438. The monoisotopic (exact) mass is 285 g/mol. The number of carbonyl (C=O) groups excluding carboxylic acids is 1. The van der Waals surface area contributed by atoms with Crippen LogP contribution in [0.25, 0.3) is 11.0 Å². The maximum absolute atomic E-state index is 12.4. The molecule has 1 aromatic carbocycles. The fourth-order valence-electron chi connectivity index (χ4n) is 2.92. The fourth-order valence-corrected chi connectivity index (χ4v) is 2.92. The Kier molecular flexibility index (Phi) is 3.49. The third-order valence-corrected chi connectivity index (χ3v) is 4.07. The largest absolute Gasteiger partial charge is 0.339 e. The van der Waals surface area contributed by atoms with Gasteiger partial charge in [0.25, 0.3) is 11.5 Å². The second-order valence-corrected chi connectivity index (χ2v) is 5.45. The summed E-state index contributed by atoms with van der Waals surface area (Å²) in [6.07, 6.45) is 2.15. The Morgan fingerprint density at radius 1 is 1.29 bits per heavy atom. The second-order valence-electron chi connectivity index (χ2n) is 5.45. The first-order chi connectivity index (χ1) is 10.1. The van der Waals surface area contributed by atoms with E-state index in [1.807, 2.05) is 17.9 Å². The molecule has 0 radical (unpaired) electrons. The molecule has 1 aliphatic rings. The zero-order valence-corrected chi connectivity index (χ0v) is 12.4. The highest BCUT2D eigenvalue weighted by Gasteiger charge is 2.20. The van der Waals surface area contributed by atoms with Gasteiger partial charge in [-0.15, -0.1) is 0 Å². The van der Waals surface area contributed by atoms with Gasteiger partial charge in [0.05, 0.1) is 11.0 Å². The summed E-state index contributed by atoms with van der Waals surface area (Å²) in [4.78, 5) is 30.7. The Balaban J connectivity index is 2.10. The summed E-state index contributed by atoms with van der Waals surface area (Å²) in [7, 11) is 0. The van der Waals surface area contributed by atoms with E-state index in [-0.39, 0.29) is 11.5 Å². The topological polar surface area (TPSA) is 55.2 Å². The molecule has 3 rings (SSSR count). The van der Waals surface area contributed by atoms with Gasteiger partial charge in [-0.2, -0.15) is 0 Å². The van der Waals surface area contributed by atoms with Gasteiger partial charge in [0.15, 0.2) is 0 Å². The summed E-state index contributed by atoms with van der Waals surface area (Å²) in [6.45, 7) is 5.90. The summed E-state index contributed by atoms with van der Waals surface area (Å²) in [5.41, 5.74) is 2.54. The quantitative estimate of drug-likeness (QED) is 0.847. The minimum atomic E-state index is -0.0661. The lowest BCUT2D eigenvalue weighted by Crippen LogP contribution is -2.28. The number of hydrogen-bond donors (Lipinski definition) is 0. The summed E-state index contributed by atoms with van der Waals surface area (Å²) < 4.78 is 1.70. The van der Waals surface area contributed by atoms with Gasteiger partial charge in [0.1, 0.15) is 5.69 Å². The van der Waals surface area contributed by atoms with E-state index in [2.05, 4.69) is 4.98 Å². The standard InChI is InChI=1S/C16H19N3O2/c1-3-19-14-7-6-12(16(21)18-8-4-5-9-18)10-13(14)17-11(2)15(19)20/h6-7,10H,3-5,8-9H2,1-2H3. The number of amides is 1. The average molecular weight is 285 g/mol. The van der Waals surface area contributed by atoms with Crippen molar-refractivity contribution in [3.63, 3.8) is 0 Å². The first kappa shape index (κ1) is 13.8. The predicted molar refractivity (Wildman–Crippen MR) is 81.6 cm³/mol. The van der Waals surface area contributed by atoms with Gasteiger partial charge in [0.2, 0.25) is 0 Å². The third kappa shape index (κ3) is 2.33. The lowest BCUT2D eigenvalue weighted by Gasteiger charge is -2.16. The molecule has 0 N–H and O–H groups in total. The van der Waals surface area contributed by atoms with Gasteiger partial charge in [-0.05, 0) is 44.9 Å². The molecule has 1 saturated heterocycles. The molecular formula is C16H19N3O2. The summed E-state index contributed by atoms with van der Waals surface area (Å²) in [6, 6.07) is 5.43. The number of benzene rings is 1. The number of hydrogen-bond acceptors (Lipinski definition) is 3. The van der Waals surface area contributed by atoms with Crippen molar-refractivity contribution in [2.24, 2.45) is 0 Å². The molecule has 0 saturated carbocycles. The van der Waals surface area contributed by atoms with E-state index in [0.717, 1.165) is 31.4 Å². The minimum Gasteiger partial charge on any atom is -0.339 e. The third-order valence-electron chi connectivity index (χ3n) is 4.07. The second kappa shape index (κ2) is 5.31. The molecule has 0 atom stereocenters. The maximum atomic E-state index is 12.4. The lowest BCUT2D eigenvalue weighted by molar-refractivity contribution is 0.0793. The molecule has 0 aliphatic carbocycles. The van der Waals surface area contributed by atoms with Crippen molar-refractivity contribution >= 4 is 16.9 Å². The van der Waals surface area contributed by atoms with Crippen LogP contribution >= 0.6 is 0 Å². The van der Waals surface area contributed by atoms with Crippen molar-refractivity contribution < 1.29 is 4.79 Å². The van der Waals surface area contributed by atoms with Crippen molar-refractivity contribution in [2.75, 3.05) is 13.1 Å². The number of aromatic nitrogens is 2. The first-order valence-electron chi connectivity index (χ1n) is 7.42. The van der Waals surface area contributed by atoms with Gasteiger partial charge >= 0.3 is 0 Å². The van der Waals surface area contributed by atoms with E-state index < -0.39 is 0 Å². The molecule has 1 aliphatic heterocycles. The molecule has 1 fully saturated rings. The molecule has 21 heavy (non-hydrogen) atoms. The number of likely N-dealkylation sites (tertiary alicyclic amines) is 1. The van der Waals surface area contributed by atoms with Crippen LogP contribution in [0, 0.1) is 6.92 Å². The van der Waals surface area contributed by atoms with Crippen LogP contribution in [0.4, 0.5) is 0 Å². The van der Waals surface area contributed by atoms with Crippen molar-refractivity contribution in [3.05, 3.63) is 39.8 Å². The molecule has 1 aromatic heterocycles. The lowest BCUT2D eigenvalue weighted by atomic mass is 10.1. The Morgan fingerprint density at radius 2 is 2.00 bits per heavy atom. The highest BCUT2D eigenvalue weighted by Crippen LogP contribution is 2.17. The number of nitrogens with zero attached hydrogens (tertiary/aromatic N) is 3. The van der Waals surface area contributed by atoms with Crippen LogP contribution in [-0.4, -0.2) is 33.4 Å². The molecule has 1 amide bonds. The van der Waals surface area contributed by atoms with Crippen LogP contribution in [0.1, 0.15) is 35.8 Å². The Bertz CT molecular complexity index is 758. The normalized spacial score (nSPS) is 14.9. The summed E-state index contributed by atoms with van der Waals surface area (Å²) in [5, 5.41) is 0. The molecule has 5 heteroatoms. The smallest absolute Gasteiger partial charge is 0.272 e. The summed E-state index contributed by atoms with van der Waals surface area (Å²) >= 11 is 0. The zero-order chi connectivity index (χ0) is 15.0. The van der Waals surface area contributed by atoms with E-state index in [1.54, 1.807) is 23.6 Å². The van der Waals surface area contributed by atoms with Gasteiger partial charge in [-0.3, -0.25) is 9.59 Å². The molecule has 2 aromatic rings. The van der Waals surface area contributed by atoms with Crippen LogP contribution in [0.3, 0.4) is 0 Å². The molecule has 5 nitrogen and oxygen atoms in total. The van der Waals surface area contributed by atoms with Gasteiger partial charge in [-0.1, -0.05) is 0 Å². The average Bonchev–Trinajstić information content (AvgIpc) is 3.01. The van der Waals surface area contributed by atoms with E-state index in [0.29, 0.717) is 23.3 Å². The van der Waals surface area contributed by atoms with Crippen molar-refractivity contribution in [1.82, 2.24) is 14.5 Å². The summed E-state index contributed by atoms with van der Waals surface area (Å²) in [5.74, 6) is 0.0584. The molecular weight excluding hydrogens is 266 g/mol. The van der Waals surface area contributed by atoms with Crippen molar-refractivity contribution in [3.8, 4) is 0 Å². The Labute approximate surface area is 123 Å².